The zero-order valence-corrected chi connectivity index (χ0v) is 7.76. The van der Waals surface area contributed by atoms with E-state index in [2.05, 4.69) is 20.3 Å². The maximum atomic E-state index is 8.50. The van der Waals surface area contributed by atoms with Crippen LogP contribution in [0, 0.1) is 0 Å². The highest BCUT2D eigenvalue weighted by molar-refractivity contribution is 5.96. The second kappa shape index (κ2) is 3.79. The lowest BCUT2D eigenvalue weighted by atomic mass is 10.3. The molecule has 13 heavy (non-hydrogen) atoms. The van der Waals surface area contributed by atoms with Gasteiger partial charge in [-0.3, -0.25) is 0 Å². The van der Waals surface area contributed by atoms with Gasteiger partial charge in [-0.05, 0) is 6.92 Å². The van der Waals surface area contributed by atoms with Gasteiger partial charge in [0.05, 0.1) is 6.20 Å². The first-order valence-electron chi connectivity index (χ1n) is 3.71. The Balaban J connectivity index is 3.05. The van der Waals surface area contributed by atoms with E-state index in [1.165, 1.54) is 6.20 Å². The van der Waals surface area contributed by atoms with Crippen molar-refractivity contribution in [2.75, 3.05) is 19.0 Å². The molecule has 0 aliphatic rings. The Kier molecular flexibility index (Phi) is 2.73. The summed E-state index contributed by atoms with van der Waals surface area (Å²) >= 11 is 0. The minimum Gasteiger partial charge on any atom is -0.411 e. The molecule has 70 valence electrons. The minimum absolute atomic E-state index is 0.415. The first-order chi connectivity index (χ1) is 6.15. The topological polar surface area (TPSA) is 74.5 Å². The molecule has 0 saturated heterocycles. The Morgan fingerprint density at radius 3 is 2.77 bits per heavy atom. The van der Waals surface area contributed by atoms with Crippen molar-refractivity contribution in [3.8, 4) is 0 Å². The highest BCUT2D eigenvalue weighted by Crippen LogP contribution is 2.02. The average molecular weight is 181 g/mol. The SMILES string of the molecule is C/C(=N\O)c1cnnc(N(C)C)n1. The van der Waals surface area contributed by atoms with Crippen molar-refractivity contribution in [3.05, 3.63) is 11.9 Å². The van der Waals surface area contributed by atoms with Crippen LogP contribution in [0.1, 0.15) is 12.6 Å². The van der Waals surface area contributed by atoms with Gasteiger partial charge in [0, 0.05) is 14.1 Å². The summed E-state index contributed by atoms with van der Waals surface area (Å²) in [6, 6.07) is 0. The molecule has 0 unspecified atom stereocenters. The van der Waals surface area contributed by atoms with Crippen LogP contribution in [0.25, 0.3) is 0 Å². The van der Waals surface area contributed by atoms with Crippen LogP contribution < -0.4 is 4.90 Å². The molecular weight excluding hydrogens is 170 g/mol. The van der Waals surface area contributed by atoms with Gasteiger partial charge in [0.15, 0.2) is 0 Å². The largest absolute Gasteiger partial charge is 0.411 e. The lowest BCUT2D eigenvalue weighted by Crippen LogP contribution is -2.15. The fourth-order valence-corrected chi connectivity index (χ4v) is 0.709. The van der Waals surface area contributed by atoms with Crippen molar-refractivity contribution in [2.45, 2.75) is 6.92 Å². The van der Waals surface area contributed by atoms with Gasteiger partial charge in [0.2, 0.25) is 5.95 Å². The van der Waals surface area contributed by atoms with Gasteiger partial charge >= 0.3 is 0 Å². The lowest BCUT2D eigenvalue weighted by molar-refractivity contribution is 0.319. The van der Waals surface area contributed by atoms with Crippen molar-refractivity contribution >= 4 is 11.7 Å². The second-order valence-electron chi connectivity index (χ2n) is 2.72. The Morgan fingerprint density at radius 2 is 2.23 bits per heavy atom. The fourth-order valence-electron chi connectivity index (χ4n) is 0.709. The third-order valence-electron chi connectivity index (χ3n) is 1.47. The van der Waals surface area contributed by atoms with Crippen LogP contribution in [-0.4, -0.2) is 40.2 Å². The molecule has 1 N–H and O–H groups in total. The molecule has 0 aliphatic carbocycles. The van der Waals surface area contributed by atoms with Crippen LogP contribution >= 0.6 is 0 Å². The molecule has 0 bridgehead atoms. The lowest BCUT2D eigenvalue weighted by Gasteiger charge is -2.08. The van der Waals surface area contributed by atoms with Crippen molar-refractivity contribution in [2.24, 2.45) is 5.16 Å². The number of oxime groups is 1. The van der Waals surface area contributed by atoms with E-state index in [1.54, 1.807) is 11.8 Å². The first kappa shape index (κ1) is 9.37. The minimum atomic E-state index is 0.415. The molecule has 0 spiro atoms. The maximum absolute atomic E-state index is 8.50. The Morgan fingerprint density at radius 1 is 1.54 bits per heavy atom. The maximum Gasteiger partial charge on any atom is 0.245 e. The van der Waals surface area contributed by atoms with Gasteiger partial charge in [-0.25, -0.2) is 4.98 Å². The van der Waals surface area contributed by atoms with E-state index in [9.17, 15) is 0 Å². The first-order valence-corrected chi connectivity index (χ1v) is 3.71. The molecule has 0 fully saturated rings. The smallest absolute Gasteiger partial charge is 0.245 e. The summed E-state index contributed by atoms with van der Waals surface area (Å²) in [5.41, 5.74) is 0.930. The van der Waals surface area contributed by atoms with Crippen LogP contribution in [0.2, 0.25) is 0 Å². The number of rotatable bonds is 2. The monoisotopic (exact) mass is 181 g/mol. The van der Waals surface area contributed by atoms with Crippen molar-refractivity contribution in [3.63, 3.8) is 0 Å². The zero-order chi connectivity index (χ0) is 9.84. The van der Waals surface area contributed by atoms with Crippen molar-refractivity contribution in [1.29, 1.82) is 0 Å². The molecule has 6 heteroatoms. The number of nitrogens with zero attached hydrogens (tertiary/aromatic N) is 5. The van der Waals surface area contributed by atoms with Crippen molar-refractivity contribution < 1.29 is 5.21 Å². The zero-order valence-electron chi connectivity index (χ0n) is 7.76. The van der Waals surface area contributed by atoms with Gasteiger partial charge in [-0.2, -0.15) is 5.10 Å². The number of aromatic nitrogens is 3. The Hall–Kier alpha value is -1.72. The van der Waals surface area contributed by atoms with Gasteiger partial charge < -0.3 is 10.1 Å². The van der Waals surface area contributed by atoms with E-state index < -0.39 is 0 Å². The normalized spacial score (nSPS) is 11.5. The van der Waals surface area contributed by atoms with Crippen LogP contribution in [-0.2, 0) is 0 Å². The summed E-state index contributed by atoms with van der Waals surface area (Å²) in [7, 11) is 3.62. The summed E-state index contributed by atoms with van der Waals surface area (Å²) in [5.74, 6) is 0.487. The molecule has 0 saturated carbocycles. The molecule has 1 aromatic rings. The summed E-state index contributed by atoms with van der Waals surface area (Å²) < 4.78 is 0. The summed E-state index contributed by atoms with van der Waals surface area (Å²) in [4.78, 5) is 5.83. The molecule has 1 aromatic heterocycles. The third-order valence-corrected chi connectivity index (χ3v) is 1.47. The highest BCUT2D eigenvalue weighted by atomic mass is 16.4. The molecule has 6 nitrogen and oxygen atoms in total. The summed E-state index contributed by atoms with van der Waals surface area (Å²) in [6.07, 6.45) is 1.45. The molecule has 0 atom stereocenters. The number of hydrogen-bond acceptors (Lipinski definition) is 6. The fraction of sp³-hybridized carbons (Fsp3) is 0.429. The van der Waals surface area contributed by atoms with E-state index in [0.717, 1.165) is 0 Å². The molecular formula is C7H11N5O. The van der Waals surface area contributed by atoms with Gasteiger partial charge in [0.25, 0.3) is 0 Å². The Labute approximate surface area is 75.9 Å². The van der Waals surface area contributed by atoms with Gasteiger partial charge in [-0.1, -0.05) is 5.16 Å². The molecule has 0 amide bonds. The van der Waals surface area contributed by atoms with Crippen LogP contribution in [0.5, 0.6) is 0 Å². The Bertz CT molecular complexity index is 322. The van der Waals surface area contributed by atoms with E-state index in [4.69, 9.17) is 5.21 Å². The quantitative estimate of drug-likeness (QED) is 0.399. The van der Waals surface area contributed by atoms with Gasteiger partial charge in [0.1, 0.15) is 11.4 Å². The van der Waals surface area contributed by atoms with E-state index in [1.807, 2.05) is 14.1 Å². The molecule has 1 heterocycles. The van der Waals surface area contributed by atoms with E-state index in [-0.39, 0.29) is 0 Å². The predicted molar refractivity (Wildman–Crippen MR) is 48.2 cm³/mol. The van der Waals surface area contributed by atoms with Crippen molar-refractivity contribution in [1.82, 2.24) is 15.2 Å². The predicted octanol–water partition coefficient (Wildman–Crippen LogP) is 0.136. The second-order valence-corrected chi connectivity index (χ2v) is 2.72. The van der Waals surface area contributed by atoms with E-state index >= 15 is 0 Å². The van der Waals surface area contributed by atoms with Gasteiger partial charge in [-0.15, -0.1) is 5.10 Å². The molecule has 0 aromatic carbocycles. The summed E-state index contributed by atoms with van der Waals surface area (Å²) in [5, 5.41) is 19.0. The molecule has 0 aliphatic heterocycles. The number of anilines is 1. The average Bonchev–Trinajstić information content (AvgIpc) is 2.17. The third kappa shape index (κ3) is 2.11. The van der Waals surface area contributed by atoms with E-state index in [0.29, 0.717) is 17.4 Å². The number of hydrogen-bond donors (Lipinski definition) is 1. The molecule has 1 rings (SSSR count). The summed E-state index contributed by atoms with van der Waals surface area (Å²) in [6.45, 7) is 1.64. The standard InChI is InChI=1S/C7H11N5O/c1-5(11-13)6-4-8-10-7(9-6)12(2)3/h4,13H,1-3H3/b11-5+. The highest BCUT2D eigenvalue weighted by Gasteiger charge is 2.04. The van der Waals surface area contributed by atoms with Crippen LogP contribution in [0.4, 0.5) is 5.95 Å². The van der Waals surface area contributed by atoms with Crippen LogP contribution in [0.15, 0.2) is 11.4 Å². The molecule has 0 radical (unpaired) electrons. The van der Waals surface area contributed by atoms with Crippen LogP contribution in [0.3, 0.4) is 0 Å².